The van der Waals surface area contributed by atoms with Crippen molar-refractivity contribution in [3.8, 4) is 5.75 Å². The van der Waals surface area contributed by atoms with E-state index in [0.717, 1.165) is 34.4 Å². The van der Waals surface area contributed by atoms with E-state index in [2.05, 4.69) is 32.4 Å². The molecule has 0 aliphatic rings. The zero-order chi connectivity index (χ0) is 15.1. The molecule has 0 spiro atoms. The average molecular weight is 354 g/mol. The second-order valence-corrected chi connectivity index (χ2v) is 5.65. The van der Waals surface area contributed by atoms with E-state index in [0.29, 0.717) is 13.2 Å². The highest BCUT2D eigenvalue weighted by Gasteiger charge is 2.06. The van der Waals surface area contributed by atoms with Gasteiger partial charge in [0.2, 0.25) is 0 Å². The minimum atomic E-state index is 0.514. The number of nitrogens with one attached hydrogen (secondary N) is 1. The normalized spacial score (nSPS) is 10.8. The molecule has 0 unspecified atom stereocenters. The van der Waals surface area contributed by atoms with Gasteiger partial charge in [0.1, 0.15) is 12.4 Å². The summed E-state index contributed by atoms with van der Waals surface area (Å²) in [5.41, 5.74) is 2.17. The highest BCUT2D eigenvalue weighted by Crippen LogP contribution is 2.24. The first-order valence-electron chi connectivity index (χ1n) is 6.77. The van der Waals surface area contributed by atoms with Crippen molar-refractivity contribution in [1.82, 2.24) is 15.1 Å². The summed E-state index contributed by atoms with van der Waals surface area (Å²) < 4.78 is 13.7. The second kappa shape index (κ2) is 8.17. The first kappa shape index (κ1) is 16.0. The number of hydrogen-bond donors (Lipinski definition) is 1. The fraction of sp³-hybridized carbons (Fsp3) is 0.400. The van der Waals surface area contributed by atoms with Crippen LogP contribution in [0, 0.1) is 0 Å². The molecule has 0 atom stereocenters. The Morgan fingerprint density at radius 1 is 1.38 bits per heavy atom. The largest absolute Gasteiger partial charge is 0.488 e. The molecule has 0 aliphatic carbocycles. The molecule has 0 amide bonds. The van der Waals surface area contributed by atoms with E-state index in [1.807, 2.05) is 31.6 Å². The first-order valence-corrected chi connectivity index (χ1v) is 7.56. The number of rotatable bonds is 8. The van der Waals surface area contributed by atoms with Crippen LogP contribution in [0.15, 0.2) is 35.1 Å². The summed E-state index contributed by atoms with van der Waals surface area (Å²) in [4.78, 5) is 0. The van der Waals surface area contributed by atoms with E-state index >= 15 is 0 Å². The van der Waals surface area contributed by atoms with Crippen LogP contribution in [-0.2, 0) is 24.9 Å². The van der Waals surface area contributed by atoms with E-state index in [1.54, 1.807) is 11.8 Å². The van der Waals surface area contributed by atoms with Crippen molar-refractivity contribution in [2.75, 3.05) is 20.3 Å². The number of halogens is 1. The van der Waals surface area contributed by atoms with Crippen molar-refractivity contribution in [2.24, 2.45) is 7.05 Å². The number of aromatic nitrogens is 2. The maximum atomic E-state index is 5.90. The van der Waals surface area contributed by atoms with E-state index < -0.39 is 0 Å². The molecular formula is C15H20BrN3O2. The molecule has 1 aromatic carbocycles. The van der Waals surface area contributed by atoms with Crippen molar-refractivity contribution in [3.63, 3.8) is 0 Å². The van der Waals surface area contributed by atoms with Gasteiger partial charge >= 0.3 is 0 Å². The van der Waals surface area contributed by atoms with Crippen LogP contribution in [0.3, 0.4) is 0 Å². The van der Waals surface area contributed by atoms with Gasteiger partial charge in [0.15, 0.2) is 0 Å². The van der Waals surface area contributed by atoms with Crippen LogP contribution in [0.5, 0.6) is 5.75 Å². The van der Waals surface area contributed by atoms with Gasteiger partial charge in [-0.3, -0.25) is 4.68 Å². The third-order valence-corrected chi connectivity index (χ3v) is 3.47. The summed E-state index contributed by atoms with van der Waals surface area (Å²) in [6.07, 6.45) is 3.77. The summed E-state index contributed by atoms with van der Waals surface area (Å²) in [7, 11) is 3.59. The van der Waals surface area contributed by atoms with Gasteiger partial charge in [-0.1, -0.05) is 15.9 Å². The van der Waals surface area contributed by atoms with Crippen LogP contribution in [0.4, 0.5) is 0 Å². The van der Waals surface area contributed by atoms with Gasteiger partial charge < -0.3 is 14.8 Å². The Morgan fingerprint density at radius 3 is 2.95 bits per heavy atom. The summed E-state index contributed by atoms with van der Waals surface area (Å²) in [6, 6.07) is 6.03. The molecule has 2 aromatic rings. The molecule has 0 aliphatic heterocycles. The van der Waals surface area contributed by atoms with Crippen molar-refractivity contribution in [2.45, 2.75) is 13.2 Å². The number of hydrogen-bond acceptors (Lipinski definition) is 4. The van der Waals surface area contributed by atoms with Gasteiger partial charge in [0.05, 0.1) is 12.8 Å². The molecule has 0 fully saturated rings. The smallest absolute Gasteiger partial charge is 0.124 e. The van der Waals surface area contributed by atoms with E-state index in [9.17, 15) is 0 Å². The third-order valence-electron chi connectivity index (χ3n) is 2.97. The lowest BCUT2D eigenvalue weighted by Gasteiger charge is -2.12. The molecule has 21 heavy (non-hydrogen) atoms. The molecule has 2 rings (SSSR count). The Labute approximate surface area is 133 Å². The van der Waals surface area contributed by atoms with Crippen LogP contribution in [0.2, 0.25) is 0 Å². The van der Waals surface area contributed by atoms with Crippen LogP contribution in [-0.4, -0.2) is 30.0 Å². The Morgan fingerprint density at radius 2 is 2.24 bits per heavy atom. The minimum Gasteiger partial charge on any atom is -0.488 e. The van der Waals surface area contributed by atoms with Gasteiger partial charge in [-0.25, -0.2) is 0 Å². The summed E-state index contributed by atoms with van der Waals surface area (Å²) >= 11 is 3.50. The van der Waals surface area contributed by atoms with Crippen LogP contribution >= 0.6 is 15.9 Å². The van der Waals surface area contributed by atoms with Gasteiger partial charge in [-0.2, -0.15) is 5.10 Å². The third kappa shape index (κ3) is 5.15. The summed E-state index contributed by atoms with van der Waals surface area (Å²) in [5, 5.41) is 7.47. The molecule has 0 saturated carbocycles. The zero-order valence-electron chi connectivity index (χ0n) is 12.3. The molecule has 114 valence electrons. The molecule has 1 N–H and O–H groups in total. The van der Waals surface area contributed by atoms with Crippen molar-refractivity contribution in [3.05, 3.63) is 46.2 Å². The Hall–Kier alpha value is -1.37. The molecular weight excluding hydrogens is 334 g/mol. The molecule has 0 radical (unpaired) electrons. The van der Waals surface area contributed by atoms with Crippen LogP contribution < -0.4 is 10.1 Å². The Balaban J connectivity index is 1.97. The predicted octanol–water partition coefficient (Wildman–Crippen LogP) is 2.50. The maximum absolute atomic E-state index is 5.90. The lowest BCUT2D eigenvalue weighted by atomic mass is 10.2. The quantitative estimate of drug-likeness (QED) is 0.740. The maximum Gasteiger partial charge on any atom is 0.124 e. The highest BCUT2D eigenvalue weighted by atomic mass is 79.9. The van der Waals surface area contributed by atoms with E-state index in [1.165, 1.54) is 0 Å². The summed E-state index contributed by atoms with van der Waals surface area (Å²) in [6.45, 7) is 2.76. The number of nitrogens with zero attached hydrogens (tertiary/aromatic N) is 2. The lowest BCUT2D eigenvalue weighted by molar-refractivity contribution is 0.199. The molecule has 6 heteroatoms. The van der Waals surface area contributed by atoms with Crippen LogP contribution in [0.25, 0.3) is 0 Å². The zero-order valence-corrected chi connectivity index (χ0v) is 13.9. The van der Waals surface area contributed by atoms with Gasteiger partial charge in [-0.15, -0.1) is 0 Å². The monoisotopic (exact) mass is 353 g/mol. The van der Waals surface area contributed by atoms with Crippen molar-refractivity contribution in [1.29, 1.82) is 0 Å². The fourth-order valence-electron chi connectivity index (χ4n) is 1.93. The van der Waals surface area contributed by atoms with Crippen molar-refractivity contribution < 1.29 is 9.47 Å². The number of aryl methyl sites for hydroxylation is 1. The second-order valence-electron chi connectivity index (χ2n) is 4.73. The first-order chi connectivity index (χ1) is 10.2. The highest BCUT2D eigenvalue weighted by molar-refractivity contribution is 9.10. The topological polar surface area (TPSA) is 48.3 Å². The SMILES string of the molecule is COCCNCc1cc(Br)ccc1OCc1cnn(C)c1. The standard InChI is InChI=1S/C15H20BrN3O2/c1-19-10-12(8-18-19)11-21-15-4-3-14(16)7-13(15)9-17-5-6-20-2/h3-4,7-8,10,17H,5-6,9,11H2,1-2H3. The van der Waals surface area contributed by atoms with E-state index in [-0.39, 0.29) is 0 Å². The van der Waals surface area contributed by atoms with E-state index in [4.69, 9.17) is 9.47 Å². The number of benzene rings is 1. The number of ether oxygens (including phenoxy) is 2. The predicted molar refractivity (Wildman–Crippen MR) is 85.3 cm³/mol. The minimum absolute atomic E-state index is 0.514. The Bertz CT molecular complexity index is 572. The fourth-order valence-corrected chi connectivity index (χ4v) is 2.34. The molecule has 5 nitrogen and oxygen atoms in total. The summed E-state index contributed by atoms with van der Waals surface area (Å²) in [5.74, 6) is 0.881. The van der Waals surface area contributed by atoms with Crippen LogP contribution in [0.1, 0.15) is 11.1 Å². The molecule has 0 saturated heterocycles. The molecule has 1 heterocycles. The Kier molecular flexibility index (Phi) is 6.22. The lowest BCUT2D eigenvalue weighted by Crippen LogP contribution is -2.19. The van der Waals surface area contributed by atoms with Gasteiger partial charge in [-0.05, 0) is 18.2 Å². The molecule has 1 aromatic heterocycles. The average Bonchev–Trinajstić information content (AvgIpc) is 2.88. The van der Waals surface area contributed by atoms with Gasteiger partial charge in [0.25, 0.3) is 0 Å². The van der Waals surface area contributed by atoms with Crippen molar-refractivity contribution >= 4 is 15.9 Å². The molecule has 0 bridgehead atoms. The number of methoxy groups -OCH3 is 1. The van der Waals surface area contributed by atoms with Gasteiger partial charge in [0, 0.05) is 49.0 Å².